The van der Waals surface area contributed by atoms with Gasteiger partial charge in [0.2, 0.25) is 0 Å². The highest BCUT2D eigenvalue weighted by atomic mass is 32.2. The summed E-state index contributed by atoms with van der Waals surface area (Å²) < 4.78 is 31.4. The molecule has 1 aromatic carbocycles. The first-order valence-corrected chi connectivity index (χ1v) is 12.6. The highest BCUT2D eigenvalue weighted by Gasteiger charge is 2.31. The van der Waals surface area contributed by atoms with E-state index in [9.17, 15) is 8.42 Å². The van der Waals surface area contributed by atoms with Gasteiger partial charge < -0.3 is 10.2 Å². The number of rotatable bonds is 3. The topological polar surface area (TPSA) is 116 Å². The molecule has 9 heteroatoms. The van der Waals surface area contributed by atoms with Crippen LogP contribution in [0.3, 0.4) is 0 Å². The van der Waals surface area contributed by atoms with Gasteiger partial charge in [-0.05, 0) is 37.1 Å². The molecule has 1 aliphatic rings. The van der Waals surface area contributed by atoms with Gasteiger partial charge in [-0.1, -0.05) is 18.2 Å². The highest BCUT2D eigenvalue weighted by molar-refractivity contribution is 7.91. The Kier molecular flexibility index (Phi) is 4.48. The van der Waals surface area contributed by atoms with Gasteiger partial charge in [-0.25, -0.2) is 13.4 Å². The first kappa shape index (κ1) is 19.9. The molecule has 4 aromatic heterocycles. The van der Waals surface area contributed by atoms with Gasteiger partial charge >= 0.3 is 0 Å². The molecule has 0 saturated carbocycles. The van der Waals surface area contributed by atoms with E-state index in [-0.39, 0.29) is 17.4 Å². The fourth-order valence-electron chi connectivity index (χ4n) is 4.59. The number of hydrogen-bond acceptors (Lipinski definition) is 7. The van der Waals surface area contributed by atoms with Crippen molar-refractivity contribution < 1.29 is 12.8 Å². The SMILES string of the molecule is Nc1c(-c2ccco2)c(C2CCS(=O)(=O)CC2)nc2c(-c3cnc4ccccc4c3)cnn12. The van der Waals surface area contributed by atoms with Gasteiger partial charge in [-0.15, -0.1) is 0 Å². The molecule has 6 rings (SSSR count). The smallest absolute Gasteiger partial charge is 0.165 e. The van der Waals surface area contributed by atoms with Crippen LogP contribution < -0.4 is 5.73 Å². The standard InChI is InChI=1S/C24H21N5O3S/c25-23-21(20-6-3-9-32-20)22(15-7-10-33(30,31)11-8-15)28-24-18(14-27-29(23)24)17-12-16-4-1-2-5-19(16)26-13-17/h1-6,9,12-15H,7-8,10-11,25H2. The molecule has 0 atom stereocenters. The molecule has 1 aliphatic heterocycles. The van der Waals surface area contributed by atoms with Crippen molar-refractivity contribution in [3.8, 4) is 22.5 Å². The van der Waals surface area contributed by atoms with Gasteiger partial charge in [0, 0.05) is 28.6 Å². The lowest BCUT2D eigenvalue weighted by Crippen LogP contribution is -2.23. The summed E-state index contributed by atoms with van der Waals surface area (Å²) >= 11 is 0. The number of nitrogens with zero attached hydrogens (tertiary/aromatic N) is 4. The zero-order chi connectivity index (χ0) is 22.6. The number of anilines is 1. The second-order valence-electron chi connectivity index (χ2n) is 8.37. The number of benzene rings is 1. The lowest BCUT2D eigenvalue weighted by Gasteiger charge is -2.24. The average molecular weight is 460 g/mol. The molecule has 2 N–H and O–H groups in total. The molecule has 5 aromatic rings. The number of pyridine rings is 1. The number of nitrogens with two attached hydrogens (primary N) is 1. The van der Waals surface area contributed by atoms with E-state index < -0.39 is 9.84 Å². The van der Waals surface area contributed by atoms with E-state index in [0.29, 0.717) is 35.6 Å². The van der Waals surface area contributed by atoms with Gasteiger partial charge in [-0.2, -0.15) is 9.61 Å². The molecule has 0 radical (unpaired) electrons. The van der Waals surface area contributed by atoms with Crippen molar-refractivity contribution in [2.24, 2.45) is 0 Å². The minimum absolute atomic E-state index is 0.0431. The minimum atomic E-state index is -3.01. The normalized spacial score (nSPS) is 16.5. The van der Waals surface area contributed by atoms with Crippen LogP contribution >= 0.6 is 0 Å². The van der Waals surface area contributed by atoms with Crippen molar-refractivity contribution in [3.63, 3.8) is 0 Å². The summed E-state index contributed by atoms with van der Waals surface area (Å²) in [7, 11) is -3.01. The quantitative estimate of drug-likeness (QED) is 0.432. The molecule has 0 aliphatic carbocycles. The molecule has 1 fully saturated rings. The second-order valence-corrected chi connectivity index (χ2v) is 10.7. The summed E-state index contributed by atoms with van der Waals surface area (Å²) in [5.41, 5.74) is 11.3. The molecule has 0 amide bonds. The summed E-state index contributed by atoms with van der Waals surface area (Å²) in [6.45, 7) is 0. The average Bonchev–Trinajstić information content (AvgIpc) is 3.49. The summed E-state index contributed by atoms with van der Waals surface area (Å²) in [5, 5.41) is 5.54. The predicted molar refractivity (Wildman–Crippen MR) is 126 cm³/mol. The van der Waals surface area contributed by atoms with Gasteiger partial charge in [0.1, 0.15) is 21.4 Å². The minimum Gasteiger partial charge on any atom is -0.464 e. The van der Waals surface area contributed by atoms with Crippen molar-refractivity contribution in [2.75, 3.05) is 17.2 Å². The number of aromatic nitrogens is 4. The van der Waals surface area contributed by atoms with Crippen molar-refractivity contribution in [1.82, 2.24) is 19.6 Å². The van der Waals surface area contributed by atoms with E-state index in [4.69, 9.17) is 15.1 Å². The van der Waals surface area contributed by atoms with Crippen LogP contribution in [0.1, 0.15) is 24.5 Å². The van der Waals surface area contributed by atoms with Gasteiger partial charge in [0.05, 0.1) is 40.7 Å². The number of hydrogen-bond donors (Lipinski definition) is 1. The molecular formula is C24H21N5O3S. The Balaban J connectivity index is 1.56. The third-order valence-corrected chi connectivity index (χ3v) is 8.04. The molecule has 33 heavy (non-hydrogen) atoms. The number of furan rings is 1. The molecular weight excluding hydrogens is 438 g/mol. The summed E-state index contributed by atoms with van der Waals surface area (Å²) in [4.78, 5) is 9.59. The summed E-state index contributed by atoms with van der Waals surface area (Å²) in [6.07, 6.45) is 6.14. The predicted octanol–water partition coefficient (Wildman–Crippen LogP) is 4.08. The molecule has 0 spiro atoms. The lowest BCUT2D eigenvalue weighted by molar-refractivity contribution is 0.542. The van der Waals surface area contributed by atoms with Crippen LogP contribution in [-0.2, 0) is 9.84 Å². The number of nitrogen functional groups attached to an aromatic ring is 1. The van der Waals surface area contributed by atoms with E-state index in [1.54, 1.807) is 23.0 Å². The van der Waals surface area contributed by atoms with Crippen LogP contribution in [0.15, 0.2) is 65.5 Å². The van der Waals surface area contributed by atoms with Gasteiger partial charge in [-0.3, -0.25) is 4.98 Å². The van der Waals surface area contributed by atoms with Crippen molar-refractivity contribution in [1.29, 1.82) is 0 Å². The Morgan fingerprint density at radius 1 is 1.06 bits per heavy atom. The van der Waals surface area contributed by atoms with Crippen molar-refractivity contribution in [3.05, 3.63) is 66.8 Å². The van der Waals surface area contributed by atoms with E-state index in [1.807, 2.05) is 36.5 Å². The third-order valence-electron chi connectivity index (χ3n) is 6.32. The van der Waals surface area contributed by atoms with E-state index >= 15 is 0 Å². The summed E-state index contributed by atoms with van der Waals surface area (Å²) in [5.74, 6) is 1.25. The molecule has 166 valence electrons. The van der Waals surface area contributed by atoms with Crippen molar-refractivity contribution in [2.45, 2.75) is 18.8 Å². The largest absolute Gasteiger partial charge is 0.464 e. The Morgan fingerprint density at radius 3 is 2.67 bits per heavy atom. The maximum absolute atomic E-state index is 12.0. The van der Waals surface area contributed by atoms with Crippen LogP contribution in [0.25, 0.3) is 39.0 Å². The zero-order valence-corrected chi connectivity index (χ0v) is 18.5. The van der Waals surface area contributed by atoms with Gasteiger partial charge in [0.15, 0.2) is 5.65 Å². The monoisotopic (exact) mass is 459 g/mol. The van der Waals surface area contributed by atoms with E-state index in [1.165, 1.54) is 0 Å². The van der Waals surface area contributed by atoms with E-state index in [0.717, 1.165) is 27.7 Å². The van der Waals surface area contributed by atoms with Crippen LogP contribution in [0.4, 0.5) is 5.82 Å². The van der Waals surface area contributed by atoms with Crippen LogP contribution in [0.2, 0.25) is 0 Å². The third kappa shape index (κ3) is 3.36. The molecule has 1 saturated heterocycles. The van der Waals surface area contributed by atoms with E-state index in [2.05, 4.69) is 16.1 Å². The van der Waals surface area contributed by atoms with Crippen LogP contribution in [0.5, 0.6) is 0 Å². The zero-order valence-electron chi connectivity index (χ0n) is 17.7. The Morgan fingerprint density at radius 2 is 1.88 bits per heavy atom. The molecule has 5 heterocycles. The Bertz CT molecular complexity index is 1590. The Hall–Kier alpha value is -3.72. The second kappa shape index (κ2) is 7.41. The Labute approximate surface area is 190 Å². The van der Waals surface area contributed by atoms with Crippen LogP contribution in [0, 0.1) is 0 Å². The first-order valence-electron chi connectivity index (χ1n) is 10.8. The molecule has 0 bridgehead atoms. The fraction of sp³-hybridized carbons (Fsp3) is 0.208. The number of fused-ring (bicyclic) bond motifs is 2. The number of para-hydroxylation sites is 1. The maximum Gasteiger partial charge on any atom is 0.165 e. The maximum atomic E-state index is 12.0. The first-order chi connectivity index (χ1) is 16.0. The number of sulfone groups is 1. The van der Waals surface area contributed by atoms with Gasteiger partial charge in [0.25, 0.3) is 0 Å². The fourth-order valence-corrected chi connectivity index (χ4v) is 6.08. The van der Waals surface area contributed by atoms with Crippen LogP contribution in [-0.4, -0.2) is 39.5 Å². The molecule has 8 nitrogen and oxygen atoms in total. The molecule has 0 unspecified atom stereocenters. The highest BCUT2D eigenvalue weighted by Crippen LogP contribution is 2.40. The lowest BCUT2D eigenvalue weighted by atomic mass is 9.93. The summed E-state index contributed by atoms with van der Waals surface area (Å²) in [6, 6.07) is 13.6. The van der Waals surface area contributed by atoms with Crippen molar-refractivity contribution >= 4 is 32.2 Å².